The molecule has 0 aliphatic rings. The zero-order valence-electron chi connectivity index (χ0n) is 9.68. The largest absolute Gasteiger partial charge is 0.292 e. The number of hydrogen-bond donors (Lipinski definition) is 0. The Bertz CT molecular complexity index is 652. The fraction of sp³-hybridized carbons (Fsp3) is 0.0714. The first-order valence-corrected chi connectivity index (χ1v) is 5.81. The molecule has 94 valence electrons. The quantitative estimate of drug-likeness (QED) is 0.807. The molecule has 0 radical (unpaired) electrons. The van der Waals surface area contributed by atoms with Gasteiger partial charge in [0.05, 0.1) is 16.8 Å². The number of rotatable bonds is 3. The van der Waals surface area contributed by atoms with E-state index in [4.69, 9.17) is 16.9 Å². The Kier molecular flexibility index (Phi) is 3.88. The number of carbonyl (C=O) groups excluding carboxylic acids is 1. The number of halogens is 2. The lowest BCUT2D eigenvalue weighted by atomic mass is 9.95. The second-order valence-electron chi connectivity index (χ2n) is 3.81. The molecule has 5 heteroatoms. The van der Waals surface area contributed by atoms with Crippen LogP contribution in [0.15, 0.2) is 42.6 Å². The molecule has 0 spiro atoms. The van der Waals surface area contributed by atoms with Crippen LogP contribution in [-0.4, -0.2) is 10.8 Å². The maximum Gasteiger partial charge on any atom is 0.186 e. The Morgan fingerprint density at radius 2 is 2.16 bits per heavy atom. The SMILES string of the molecule is N#CC(C(=O)c1ccc(Cl)c(F)c1)c1ccccn1. The predicted octanol–water partition coefficient (Wildman–Crippen LogP) is 3.36. The summed E-state index contributed by atoms with van der Waals surface area (Å²) in [4.78, 5) is 16.1. The van der Waals surface area contributed by atoms with Gasteiger partial charge in [0.1, 0.15) is 5.82 Å². The van der Waals surface area contributed by atoms with Crippen molar-refractivity contribution in [1.82, 2.24) is 4.98 Å². The molecule has 0 aliphatic heterocycles. The Labute approximate surface area is 114 Å². The number of ketones is 1. The Hall–Kier alpha value is -2.25. The zero-order chi connectivity index (χ0) is 13.8. The van der Waals surface area contributed by atoms with E-state index in [2.05, 4.69) is 4.98 Å². The average Bonchev–Trinajstić information content (AvgIpc) is 2.44. The van der Waals surface area contributed by atoms with Gasteiger partial charge in [-0.3, -0.25) is 9.78 Å². The van der Waals surface area contributed by atoms with Crippen LogP contribution in [0.5, 0.6) is 0 Å². The van der Waals surface area contributed by atoms with Gasteiger partial charge >= 0.3 is 0 Å². The van der Waals surface area contributed by atoms with E-state index < -0.39 is 17.5 Å². The fourth-order valence-corrected chi connectivity index (χ4v) is 1.74. The molecule has 19 heavy (non-hydrogen) atoms. The second kappa shape index (κ2) is 5.59. The topological polar surface area (TPSA) is 53.8 Å². The van der Waals surface area contributed by atoms with Crippen molar-refractivity contribution >= 4 is 17.4 Å². The van der Waals surface area contributed by atoms with Gasteiger partial charge in [0.25, 0.3) is 0 Å². The molecule has 1 heterocycles. The van der Waals surface area contributed by atoms with Crippen LogP contribution in [0.25, 0.3) is 0 Å². The van der Waals surface area contributed by atoms with E-state index in [0.717, 1.165) is 6.07 Å². The lowest BCUT2D eigenvalue weighted by Crippen LogP contribution is -2.12. The highest BCUT2D eigenvalue weighted by atomic mass is 35.5. The summed E-state index contributed by atoms with van der Waals surface area (Å²) in [5.41, 5.74) is 0.435. The van der Waals surface area contributed by atoms with Gasteiger partial charge < -0.3 is 0 Å². The third-order valence-electron chi connectivity index (χ3n) is 2.58. The number of pyridine rings is 1. The monoisotopic (exact) mass is 274 g/mol. The van der Waals surface area contributed by atoms with Crippen LogP contribution >= 0.6 is 11.6 Å². The highest BCUT2D eigenvalue weighted by Gasteiger charge is 2.23. The van der Waals surface area contributed by atoms with Gasteiger partial charge in [-0.05, 0) is 30.3 Å². The lowest BCUT2D eigenvalue weighted by molar-refractivity contribution is 0.0977. The summed E-state index contributed by atoms with van der Waals surface area (Å²) in [5.74, 6) is -2.25. The highest BCUT2D eigenvalue weighted by Crippen LogP contribution is 2.21. The van der Waals surface area contributed by atoms with Crippen molar-refractivity contribution in [1.29, 1.82) is 5.26 Å². The van der Waals surface area contributed by atoms with E-state index in [9.17, 15) is 9.18 Å². The van der Waals surface area contributed by atoms with E-state index in [1.165, 1.54) is 18.3 Å². The third-order valence-corrected chi connectivity index (χ3v) is 2.89. The highest BCUT2D eigenvalue weighted by molar-refractivity contribution is 6.30. The van der Waals surface area contributed by atoms with Gasteiger partial charge in [-0.1, -0.05) is 17.7 Å². The summed E-state index contributed by atoms with van der Waals surface area (Å²) in [5, 5.41) is 9.04. The number of carbonyl (C=O) groups is 1. The standard InChI is InChI=1S/C14H8ClFN2O/c15-11-5-4-9(7-12(11)16)14(19)10(8-17)13-3-1-2-6-18-13/h1-7,10H. The first-order valence-electron chi connectivity index (χ1n) is 5.43. The lowest BCUT2D eigenvalue weighted by Gasteiger charge is -2.07. The molecule has 1 aromatic carbocycles. The van der Waals surface area contributed by atoms with Crippen molar-refractivity contribution in [2.24, 2.45) is 0 Å². The van der Waals surface area contributed by atoms with E-state index >= 15 is 0 Å². The number of nitrogens with zero attached hydrogens (tertiary/aromatic N) is 2. The van der Waals surface area contributed by atoms with E-state index in [0.29, 0.717) is 5.69 Å². The minimum absolute atomic E-state index is 0.0668. The first kappa shape index (κ1) is 13.2. The van der Waals surface area contributed by atoms with E-state index in [-0.39, 0.29) is 10.6 Å². The van der Waals surface area contributed by atoms with Crippen molar-refractivity contribution in [3.63, 3.8) is 0 Å². The molecule has 2 aromatic rings. The molecule has 1 atom stereocenters. The van der Waals surface area contributed by atoms with Crippen LogP contribution in [0.2, 0.25) is 5.02 Å². The number of hydrogen-bond acceptors (Lipinski definition) is 3. The molecule has 0 amide bonds. The van der Waals surface area contributed by atoms with Crippen LogP contribution < -0.4 is 0 Å². The molecule has 1 unspecified atom stereocenters. The van der Waals surface area contributed by atoms with Gasteiger partial charge in [-0.25, -0.2) is 4.39 Å². The van der Waals surface area contributed by atoms with Crippen LogP contribution in [0.1, 0.15) is 22.0 Å². The fourth-order valence-electron chi connectivity index (χ4n) is 1.62. The molecule has 3 nitrogen and oxygen atoms in total. The molecule has 0 aliphatic carbocycles. The number of aromatic nitrogens is 1. The predicted molar refractivity (Wildman–Crippen MR) is 68.3 cm³/mol. The molecule has 0 saturated carbocycles. The van der Waals surface area contributed by atoms with Gasteiger partial charge in [0.2, 0.25) is 0 Å². The Morgan fingerprint density at radius 1 is 1.37 bits per heavy atom. The van der Waals surface area contributed by atoms with Gasteiger partial charge in [-0.15, -0.1) is 0 Å². The maximum absolute atomic E-state index is 13.3. The summed E-state index contributed by atoms with van der Waals surface area (Å²) < 4.78 is 13.3. The third kappa shape index (κ3) is 2.78. The first-order chi connectivity index (χ1) is 9.13. The minimum Gasteiger partial charge on any atom is -0.292 e. The van der Waals surface area contributed by atoms with Gasteiger partial charge in [0.15, 0.2) is 11.7 Å². The maximum atomic E-state index is 13.3. The molecule has 0 saturated heterocycles. The molecule has 0 fully saturated rings. The number of benzene rings is 1. The molecule has 0 bridgehead atoms. The Balaban J connectivity index is 2.37. The summed E-state index contributed by atoms with van der Waals surface area (Å²) >= 11 is 5.55. The van der Waals surface area contributed by atoms with E-state index in [1.54, 1.807) is 18.2 Å². The molecule has 1 aromatic heterocycles. The van der Waals surface area contributed by atoms with Crippen molar-refractivity contribution in [3.05, 3.63) is 64.7 Å². The zero-order valence-corrected chi connectivity index (χ0v) is 10.4. The summed E-state index contributed by atoms with van der Waals surface area (Å²) in [6, 6.07) is 10.5. The van der Waals surface area contributed by atoms with Crippen molar-refractivity contribution in [2.45, 2.75) is 5.92 Å². The Morgan fingerprint density at radius 3 is 2.74 bits per heavy atom. The summed E-state index contributed by atoms with van der Waals surface area (Å²) in [6.07, 6.45) is 1.50. The van der Waals surface area contributed by atoms with Crippen LogP contribution in [0.3, 0.4) is 0 Å². The summed E-state index contributed by atoms with van der Waals surface area (Å²) in [6.45, 7) is 0. The molecule has 0 N–H and O–H groups in total. The average molecular weight is 275 g/mol. The number of Topliss-reactive ketones (excluding diaryl/α,β-unsaturated/α-hetero) is 1. The van der Waals surface area contributed by atoms with Crippen molar-refractivity contribution in [3.8, 4) is 6.07 Å². The number of nitriles is 1. The van der Waals surface area contributed by atoms with Crippen molar-refractivity contribution < 1.29 is 9.18 Å². The molecular weight excluding hydrogens is 267 g/mol. The minimum atomic E-state index is -1.05. The van der Waals surface area contributed by atoms with Gasteiger partial charge in [0, 0.05) is 11.8 Å². The molecular formula is C14H8ClFN2O. The summed E-state index contributed by atoms with van der Waals surface area (Å²) in [7, 11) is 0. The van der Waals surface area contributed by atoms with Crippen molar-refractivity contribution in [2.75, 3.05) is 0 Å². The van der Waals surface area contributed by atoms with Crippen LogP contribution in [-0.2, 0) is 0 Å². The van der Waals surface area contributed by atoms with Crippen LogP contribution in [0, 0.1) is 17.1 Å². The second-order valence-corrected chi connectivity index (χ2v) is 4.22. The normalized spacial score (nSPS) is 11.6. The van der Waals surface area contributed by atoms with E-state index in [1.807, 2.05) is 6.07 Å². The smallest absolute Gasteiger partial charge is 0.186 e. The van der Waals surface area contributed by atoms with Crippen LogP contribution in [0.4, 0.5) is 4.39 Å². The molecule has 2 rings (SSSR count). The van der Waals surface area contributed by atoms with Gasteiger partial charge in [-0.2, -0.15) is 5.26 Å².